The number of nitrogens with one attached hydrogen (secondary N) is 1. The van der Waals surface area contributed by atoms with Crippen LogP contribution in [-0.4, -0.2) is 12.6 Å². The van der Waals surface area contributed by atoms with Crippen molar-refractivity contribution in [3.8, 4) is 5.75 Å². The van der Waals surface area contributed by atoms with E-state index in [4.69, 9.17) is 4.74 Å². The summed E-state index contributed by atoms with van der Waals surface area (Å²) in [5.41, 5.74) is 1.25. The van der Waals surface area contributed by atoms with Gasteiger partial charge in [-0.3, -0.25) is 0 Å². The Morgan fingerprint density at radius 2 is 1.95 bits per heavy atom. The highest BCUT2D eigenvalue weighted by Gasteiger charge is 2.21. The van der Waals surface area contributed by atoms with Crippen LogP contribution in [0, 0.1) is 5.92 Å². The molecule has 1 aliphatic rings. The molecule has 0 atom stereocenters. The SMILES string of the molecule is CCNCc1cc(Br)ccc1OC1CCC(CC)CC1. The molecule has 1 aliphatic carbocycles. The van der Waals surface area contributed by atoms with E-state index in [9.17, 15) is 0 Å². The van der Waals surface area contributed by atoms with E-state index >= 15 is 0 Å². The predicted molar refractivity (Wildman–Crippen MR) is 88.2 cm³/mol. The molecule has 0 heterocycles. The van der Waals surface area contributed by atoms with Crippen molar-refractivity contribution in [2.45, 2.75) is 58.6 Å². The first-order chi connectivity index (χ1) is 9.72. The number of halogens is 1. The molecule has 0 aliphatic heterocycles. The summed E-state index contributed by atoms with van der Waals surface area (Å²) in [5.74, 6) is 1.97. The molecule has 0 unspecified atom stereocenters. The highest BCUT2D eigenvalue weighted by molar-refractivity contribution is 9.10. The molecule has 0 spiro atoms. The number of hydrogen-bond donors (Lipinski definition) is 1. The van der Waals surface area contributed by atoms with Crippen molar-refractivity contribution in [3.63, 3.8) is 0 Å². The van der Waals surface area contributed by atoms with E-state index in [0.717, 1.165) is 29.2 Å². The Kier molecular flexibility index (Phi) is 6.37. The zero-order valence-electron chi connectivity index (χ0n) is 12.6. The fourth-order valence-electron chi connectivity index (χ4n) is 2.90. The Morgan fingerprint density at radius 1 is 1.20 bits per heavy atom. The summed E-state index contributed by atoms with van der Waals surface area (Å²) in [5, 5.41) is 3.38. The largest absolute Gasteiger partial charge is 0.490 e. The minimum Gasteiger partial charge on any atom is -0.490 e. The molecule has 0 radical (unpaired) electrons. The molecular weight excluding hydrogens is 314 g/mol. The third-order valence-corrected chi connectivity index (χ3v) is 4.75. The van der Waals surface area contributed by atoms with Gasteiger partial charge in [-0.15, -0.1) is 0 Å². The Balaban J connectivity index is 1.98. The normalized spacial score (nSPS) is 22.8. The smallest absolute Gasteiger partial charge is 0.124 e. The summed E-state index contributed by atoms with van der Waals surface area (Å²) >= 11 is 3.55. The van der Waals surface area contributed by atoms with E-state index in [1.54, 1.807) is 0 Å². The van der Waals surface area contributed by atoms with Crippen LogP contribution >= 0.6 is 15.9 Å². The predicted octanol–water partition coefficient (Wildman–Crippen LogP) is 4.91. The van der Waals surface area contributed by atoms with Crippen LogP contribution in [0.2, 0.25) is 0 Å². The molecule has 1 aromatic carbocycles. The number of hydrogen-bond acceptors (Lipinski definition) is 2. The maximum atomic E-state index is 6.27. The minimum absolute atomic E-state index is 0.402. The Bertz CT molecular complexity index is 413. The first-order valence-electron chi connectivity index (χ1n) is 7.88. The van der Waals surface area contributed by atoms with Crippen molar-refractivity contribution in [2.75, 3.05) is 6.54 Å². The summed E-state index contributed by atoms with van der Waals surface area (Å²) in [6.07, 6.45) is 6.76. The summed E-state index contributed by atoms with van der Waals surface area (Å²) < 4.78 is 7.39. The second-order valence-corrected chi connectivity index (χ2v) is 6.62. The van der Waals surface area contributed by atoms with Crippen molar-refractivity contribution in [1.29, 1.82) is 0 Å². The van der Waals surface area contributed by atoms with Gasteiger partial charge in [0.15, 0.2) is 0 Å². The second-order valence-electron chi connectivity index (χ2n) is 5.70. The van der Waals surface area contributed by atoms with E-state index in [0.29, 0.717) is 6.10 Å². The zero-order valence-corrected chi connectivity index (χ0v) is 14.2. The molecule has 3 heteroatoms. The fraction of sp³-hybridized carbons (Fsp3) is 0.647. The average Bonchev–Trinajstić information content (AvgIpc) is 2.48. The van der Waals surface area contributed by atoms with Crippen LogP contribution in [0.4, 0.5) is 0 Å². The molecule has 1 saturated carbocycles. The molecule has 2 nitrogen and oxygen atoms in total. The van der Waals surface area contributed by atoms with Gasteiger partial charge in [0.2, 0.25) is 0 Å². The summed E-state index contributed by atoms with van der Waals surface area (Å²) in [6.45, 7) is 6.28. The molecule has 1 fully saturated rings. The molecule has 20 heavy (non-hydrogen) atoms. The standard InChI is InChI=1S/C17H26BrNO/c1-3-13-5-8-16(9-6-13)20-17-10-7-15(18)11-14(17)12-19-4-2/h7,10-11,13,16,19H,3-6,8-9,12H2,1-2H3. The molecule has 2 rings (SSSR count). The van der Waals surface area contributed by atoms with Gasteiger partial charge < -0.3 is 10.1 Å². The van der Waals surface area contributed by atoms with E-state index in [-0.39, 0.29) is 0 Å². The minimum atomic E-state index is 0.402. The van der Waals surface area contributed by atoms with Crippen molar-refractivity contribution in [3.05, 3.63) is 28.2 Å². The van der Waals surface area contributed by atoms with Crippen LogP contribution < -0.4 is 10.1 Å². The Morgan fingerprint density at radius 3 is 2.60 bits per heavy atom. The summed E-state index contributed by atoms with van der Waals surface area (Å²) in [4.78, 5) is 0. The lowest BCUT2D eigenvalue weighted by Crippen LogP contribution is -2.24. The molecular formula is C17H26BrNO. The third kappa shape index (κ3) is 4.49. The van der Waals surface area contributed by atoms with Crippen LogP contribution in [-0.2, 0) is 6.54 Å². The highest BCUT2D eigenvalue weighted by atomic mass is 79.9. The molecule has 0 bridgehead atoms. The lowest BCUT2D eigenvalue weighted by molar-refractivity contribution is 0.128. The van der Waals surface area contributed by atoms with Gasteiger partial charge in [-0.2, -0.15) is 0 Å². The van der Waals surface area contributed by atoms with Crippen molar-refractivity contribution in [1.82, 2.24) is 5.32 Å². The first-order valence-corrected chi connectivity index (χ1v) is 8.68. The summed E-state index contributed by atoms with van der Waals surface area (Å²) in [7, 11) is 0. The first kappa shape index (κ1) is 15.8. The van der Waals surface area contributed by atoms with E-state index < -0.39 is 0 Å². The average molecular weight is 340 g/mol. The van der Waals surface area contributed by atoms with Crippen LogP contribution in [0.25, 0.3) is 0 Å². The van der Waals surface area contributed by atoms with Gasteiger partial charge >= 0.3 is 0 Å². The van der Waals surface area contributed by atoms with Crippen molar-refractivity contribution >= 4 is 15.9 Å². The zero-order chi connectivity index (χ0) is 14.4. The number of ether oxygens (including phenoxy) is 1. The van der Waals surface area contributed by atoms with Crippen molar-refractivity contribution in [2.24, 2.45) is 5.92 Å². The highest BCUT2D eigenvalue weighted by Crippen LogP contribution is 2.31. The number of rotatable bonds is 6. The van der Waals surface area contributed by atoms with Crippen LogP contribution in [0.5, 0.6) is 5.75 Å². The maximum Gasteiger partial charge on any atom is 0.124 e. The Labute approximate surface area is 131 Å². The van der Waals surface area contributed by atoms with E-state index in [1.807, 2.05) is 0 Å². The molecule has 0 saturated heterocycles. The molecule has 0 aromatic heterocycles. The Hall–Kier alpha value is -0.540. The van der Waals surface area contributed by atoms with Gasteiger partial charge in [-0.1, -0.05) is 36.2 Å². The van der Waals surface area contributed by atoms with Crippen LogP contribution in [0.1, 0.15) is 51.5 Å². The number of benzene rings is 1. The van der Waals surface area contributed by atoms with E-state index in [2.05, 4.69) is 53.3 Å². The van der Waals surface area contributed by atoms with Crippen molar-refractivity contribution < 1.29 is 4.74 Å². The van der Waals surface area contributed by atoms with E-state index in [1.165, 1.54) is 37.7 Å². The second kappa shape index (κ2) is 8.04. The fourth-order valence-corrected chi connectivity index (χ4v) is 3.31. The van der Waals surface area contributed by atoms with Crippen LogP contribution in [0.3, 0.4) is 0 Å². The quantitative estimate of drug-likeness (QED) is 0.795. The van der Waals surface area contributed by atoms with Gasteiger partial charge in [-0.05, 0) is 56.3 Å². The molecule has 0 amide bonds. The topological polar surface area (TPSA) is 21.3 Å². The van der Waals surface area contributed by atoms with Crippen LogP contribution in [0.15, 0.2) is 22.7 Å². The monoisotopic (exact) mass is 339 g/mol. The summed E-state index contributed by atoms with van der Waals surface area (Å²) in [6, 6.07) is 6.33. The lowest BCUT2D eigenvalue weighted by Gasteiger charge is -2.29. The van der Waals surface area contributed by atoms with Gasteiger partial charge in [0, 0.05) is 16.6 Å². The van der Waals surface area contributed by atoms with Gasteiger partial charge in [-0.25, -0.2) is 0 Å². The van der Waals surface area contributed by atoms with Gasteiger partial charge in [0.1, 0.15) is 5.75 Å². The van der Waals surface area contributed by atoms with Gasteiger partial charge in [0.25, 0.3) is 0 Å². The lowest BCUT2D eigenvalue weighted by atomic mass is 9.86. The maximum absolute atomic E-state index is 6.27. The van der Waals surface area contributed by atoms with Gasteiger partial charge in [0.05, 0.1) is 6.10 Å². The molecule has 1 N–H and O–H groups in total. The molecule has 112 valence electrons. The third-order valence-electron chi connectivity index (χ3n) is 4.25. The molecule has 1 aromatic rings.